The smallest absolute Gasteiger partial charge is 0.217 e. The molecule has 2 bridgehead atoms. The first-order chi connectivity index (χ1) is 13.0. The standard InChI is InChI=1S/C20H20N4O2S/c1-13-7-8-14(27-13)16-18(10-21,11-22)19(12-23)15-6-4-2-3-5-9-20(15,25-16)26-17(19)24/h7-8,15-16,24H,2-6,9H2,1H3. The molecule has 2 aliphatic heterocycles. The lowest BCUT2D eigenvalue weighted by atomic mass is 9.52. The van der Waals surface area contributed by atoms with Gasteiger partial charge in [0.15, 0.2) is 5.41 Å². The molecule has 138 valence electrons. The molecule has 7 heteroatoms. The minimum absolute atomic E-state index is 0.282. The van der Waals surface area contributed by atoms with Crippen LogP contribution in [0.2, 0.25) is 0 Å². The molecule has 3 heterocycles. The van der Waals surface area contributed by atoms with Gasteiger partial charge in [0.05, 0.1) is 24.1 Å². The highest BCUT2D eigenvalue weighted by atomic mass is 32.1. The first kappa shape index (κ1) is 18.0. The lowest BCUT2D eigenvalue weighted by Gasteiger charge is -2.50. The van der Waals surface area contributed by atoms with Crippen LogP contribution in [0.25, 0.3) is 0 Å². The first-order valence-corrected chi connectivity index (χ1v) is 10.1. The number of hydrogen-bond donors (Lipinski definition) is 1. The second-order valence-electron chi connectivity index (χ2n) is 7.65. The van der Waals surface area contributed by atoms with Gasteiger partial charge in [-0.25, -0.2) is 0 Å². The van der Waals surface area contributed by atoms with Crippen molar-refractivity contribution in [3.05, 3.63) is 21.9 Å². The molecule has 1 saturated carbocycles. The Morgan fingerprint density at radius 3 is 2.48 bits per heavy atom. The van der Waals surface area contributed by atoms with Gasteiger partial charge >= 0.3 is 0 Å². The number of nitrogens with zero attached hydrogens (tertiary/aromatic N) is 3. The molecule has 0 radical (unpaired) electrons. The Bertz CT molecular complexity index is 906. The van der Waals surface area contributed by atoms with E-state index < -0.39 is 28.6 Å². The third-order valence-electron chi connectivity index (χ3n) is 6.34. The van der Waals surface area contributed by atoms with Gasteiger partial charge in [0, 0.05) is 16.2 Å². The van der Waals surface area contributed by atoms with Gasteiger partial charge in [-0.15, -0.1) is 11.3 Å². The largest absolute Gasteiger partial charge is 0.447 e. The van der Waals surface area contributed by atoms with Crippen molar-refractivity contribution in [3.63, 3.8) is 0 Å². The SMILES string of the molecule is Cc1ccc(C2OC34CCCCCCC3C(C#N)(C(=N)O4)C2(C#N)C#N)s1. The van der Waals surface area contributed by atoms with Gasteiger partial charge in [-0.05, 0) is 31.9 Å². The Kier molecular flexibility index (Phi) is 4.04. The van der Waals surface area contributed by atoms with Crippen LogP contribution in [0.1, 0.15) is 54.4 Å². The van der Waals surface area contributed by atoms with E-state index in [0.717, 1.165) is 35.4 Å². The molecule has 1 aliphatic carbocycles. The lowest BCUT2D eigenvalue weighted by molar-refractivity contribution is -0.288. The van der Waals surface area contributed by atoms with Crippen LogP contribution in [0.15, 0.2) is 12.1 Å². The minimum Gasteiger partial charge on any atom is -0.447 e. The van der Waals surface area contributed by atoms with Crippen LogP contribution in [-0.2, 0) is 9.47 Å². The maximum Gasteiger partial charge on any atom is 0.217 e. The van der Waals surface area contributed by atoms with Crippen molar-refractivity contribution in [1.82, 2.24) is 0 Å². The molecule has 3 aliphatic rings. The van der Waals surface area contributed by atoms with Crippen molar-refractivity contribution in [2.75, 3.05) is 0 Å². The zero-order valence-electron chi connectivity index (χ0n) is 15.1. The number of nitrogens with one attached hydrogen (secondary N) is 1. The van der Waals surface area contributed by atoms with Crippen LogP contribution in [0.3, 0.4) is 0 Å². The zero-order chi connectivity index (χ0) is 19.3. The third-order valence-corrected chi connectivity index (χ3v) is 7.38. The number of aryl methyl sites for hydroxylation is 1. The van der Waals surface area contributed by atoms with E-state index in [1.807, 2.05) is 19.1 Å². The molecule has 4 atom stereocenters. The van der Waals surface area contributed by atoms with Crippen LogP contribution >= 0.6 is 11.3 Å². The fraction of sp³-hybridized carbons (Fsp3) is 0.600. The minimum atomic E-state index is -1.82. The summed E-state index contributed by atoms with van der Waals surface area (Å²) in [5.41, 5.74) is -3.44. The van der Waals surface area contributed by atoms with Crippen molar-refractivity contribution in [2.24, 2.45) is 16.7 Å². The Labute approximate surface area is 162 Å². The van der Waals surface area contributed by atoms with Crippen LogP contribution < -0.4 is 0 Å². The van der Waals surface area contributed by atoms with Gasteiger partial charge in [0.25, 0.3) is 0 Å². The van der Waals surface area contributed by atoms with E-state index in [1.54, 1.807) is 0 Å². The summed E-state index contributed by atoms with van der Waals surface area (Å²) < 4.78 is 12.4. The van der Waals surface area contributed by atoms with Crippen molar-refractivity contribution in [3.8, 4) is 18.2 Å². The molecule has 0 amide bonds. The summed E-state index contributed by atoms with van der Waals surface area (Å²) in [6.07, 6.45) is 4.07. The summed E-state index contributed by atoms with van der Waals surface area (Å²) in [5, 5.41) is 39.2. The summed E-state index contributed by atoms with van der Waals surface area (Å²) in [7, 11) is 0. The van der Waals surface area contributed by atoms with E-state index in [4.69, 9.17) is 14.9 Å². The van der Waals surface area contributed by atoms with Gasteiger partial charge in [-0.2, -0.15) is 15.8 Å². The van der Waals surface area contributed by atoms with E-state index in [0.29, 0.717) is 12.8 Å². The predicted molar refractivity (Wildman–Crippen MR) is 97.3 cm³/mol. The zero-order valence-corrected chi connectivity index (χ0v) is 15.9. The molecule has 4 rings (SSSR count). The number of rotatable bonds is 1. The Hall–Kier alpha value is -2.40. The van der Waals surface area contributed by atoms with E-state index in [1.165, 1.54) is 11.3 Å². The summed E-state index contributed by atoms with van der Waals surface area (Å²) in [5.74, 6) is -1.87. The highest BCUT2D eigenvalue weighted by Crippen LogP contribution is 2.69. The maximum absolute atomic E-state index is 10.3. The number of ether oxygens (including phenoxy) is 2. The molecule has 1 aromatic heterocycles. The molecular formula is C20H20N4O2S. The summed E-state index contributed by atoms with van der Waals surface area (Å²) in [6.45, 7) is 1.95. The molecule has 6 nitrogen and oxygen atoms in total. The molecular weight excluding hydrogens is 360 g/mol. The average molecular weight is 380 g/mol. The fourth-order valence-corrected chi connectivity index (χ4v) is 6.04. The molecule has 0 aromatic carbocycles. The second kappa shape index (κ2) is 6.06. The molecule has 1 aromatic rings. The number of hydrogen-bond acceptors (Lipinski definition) is 7. The van der Waals surface area contributed by atoms with Crippen LogP contribution in [0, 0.1) is 63.1 Å². The quantitative estimate of drug-likeness (QED) is 0.778. The Morgan fingerprint density at radius 2 is 1.85 bits per heavy atom. The second-order valence-corrected chi connectivity index (χ2v) is 8.97. The number of thiophene rings is 1. The van der Waals surface area contributed by atoms with Crippen molar-refractivity contribution >= 4 is 17.2 Å². The molecule has 3 fully saturated rings. The van der Waals surface area contributed by atoms with Crippen molar-refractivity contribution < 1.29 is 9.47 Å². The Morgan fingerprint density at radius 1 is 1.11 bits per heavy atom. The van der Waals surface area contributed by atoms with Crippen molar-refractivity contribution in [2.45, 2.75) is 57.3 Å². The monoisotopic (exact) mass is 380 g/mol. The van der Waals surface area contributed by atoms with Crippen LogP contribution in [0.5, 0.6) is 0 Å². The fourth-order valence-electron chi connectivity index (χ4n) is 5.06. The lowest BCUT2D eigenvalue weighted by Crippen LogP contribution is -2.59. The van der Waals surface area contributed by atoms with Crippen LogP contribution in [-0.4, -0.2) is 11.7 Å². The summed E-state index contributed by atoms with van der Waals surface area (Å²) in [4.78, 5) is 1.76. The Balaban J connectivity index is 1.98. The van der Waals surface area contributed by atoms with Gasteiger partial charge in [-0.3, -0.25) is 5.41 Å². The van der Waals surface area contributed by atoms with E-state index >= 15 is 0 Å². The van der Waals surface area contributed by atoms with Gasteiger partial charge in [0.2, 0.25) is 17.1 Å². The molecule has 4 unspecified atom stereocenters. The molecule has 0 spiro atoms. The summed E-state index contributed by atoms with van der Waals surface area (Å²) in [6, 6.07) is 10.2. The first-order valence-electron chi connectivity index (χ1n) is 9.25. The highest BCUT2D eigenvalue weighted by Gasteiger charge is 2.80. The topological polar surface area (TPSA) is 114 Å². The van der Waals surface area contributed by atoms with Gasteiger partial charge in [-0.1, -0.05) is 19.3 Å². The predicted octanol–water partition coefficient (Wildman–Crippen LogP) is 4.35. The molecule has 1 N–H and O–H groups in total. The van der Waals surface area contributed by atoms with E-state index in [2.05, 4.69) is 18.2 Å². The molecule has 27 heavy (non-hydrogen) atoms. The molecule has 2 saturated heterocycles. The normalized spacial score (nSPS) is 36.9. The summed E-state index contributed by atoms with van der Waals surface area (Å²) >= 11 is 1.45. The van der Waals surface area contributed by atoms with Crippen molar-refractivity contribution in [1.29, 1.82) is 21.2 Å². The van der Waals surface area contributed by atoms with Gasteiger partial charge < -0.3 is 9.47 Å². The van der Waals surface area contributed by atoms with Crippen LogP contribution in [0.4, 0.5) is 0 Å². The number of nitriles is 3. The highest BCUT2D eigenvalue weighted by molar-refractivity contribution is 7.12. The maximum atomic E-state index is 10.3. The average Bonchev–Trinajstić information content (AvgIpc) is 3.14. The van der Waals surface area contributed by atoms with E-state index in [9.17, 15) is 15.8 Å². The third kappa shape index (κ3) is 2.09. The van der Waals surface area contributed by atoms with Gasteiger partial charge in [0.1, 0.15) is 6.10 Å². The van der Waals surface area contributed by atoms with E-state index in [-0.39, 0.29) is 5.90 Å².